The molecule has 0 heterocycles. The van der Waals surface area contributed by atoms with Crippen molar-refractivity contribution < 1.29 is 4.74 Å². The maximum Gasteiger partial charge on any atom is 0.286 e. The molecule has 6 heavy (non-hydrogen) atoms. The standard InChI is InChI=1S/C3H4ClNO/c4-1-2-6-3-5/h1-2H2. The van der Waals surface area contributed by atoms with Gasteiger partial charge < -0.3 is 4.74 Å². The molecule has 0 aliphatic heterocycles. The first-order chi connectivity index (χ1) is 2.91. The Kier molecular flexibility index (Phi) is 4.26. The van der Waals surface area contributed by atoms with Crippen molar-refractivity contribution in [3.05, 3.63) is 0 Å². The third-order valence-electron chi connectivity index (χ3n) is 0.244. The maximum atomic E-state index is 7.67. The van der Waals surface area contributed by atoms with E-state index in [9.17, 15) is 0 Å². The molecule has 3 heteroatoms. The summed E-state index contributed by atoms with van der Waals surface area (Å²) in [4.78, 5) is 0. The van der Waals surface area contributed by atoms with Crippen molar-refractivity contribution >= 4 is 11.6 Å². The zero-order chi connectivity index (χ0) is 4.83. The van der Waals surface area contributed by atoms with Crippen molar-refractivity contribution in [2.24, 2.45) is 0 Å². The maximum absolute atomic E-state index is 7.67. The van der Waals surface area contributed by atoms with Crippen molar-refractivity contribution in [1.29, 1.82) is 5.26 Å². The van der Waals surface area contributed by atoms with Crippen molar-refractivity contribution in [2.75, 3.05) is 12.5 Å². The monoisotopic (exact) mass is 105 g/mol. The number of hydrogen-bond acceptors (Lipinski definition) is 2. The van der Waals surface area contributed by atoms with Crippen LogP contribution in [-0.4, -0.2) is 12.5 Å². The van der Waals surface area contributed by atoms with E-state index >= 15 is 0 Å². The Balaban J connectivity index is 2.54. The lowest BCUT2D eigenvalue weighted by molar-refractivity contribution is 0.293. The van der Waals surface area contributed by atoms with Gasteiger partial charge in [0.15, 0.2) is 0 Å². The summed E-state index contributed by atoms with van der Waals surface area (Å²) in [6.45, 7) is 0.318. The molecule has 34 valence electrons. The Morgan fingerprint density at radius 1 is 1.83 bits per heavy atom. The van der Waals surface area contributed by atoms with Crippen LogP contribution in [0.25, 0.3) is 0 Å². The number of ether oxygens (including phenoxy) is 1. The number of alkyl halides is 1. The summed E-state index contributed by atoms with van der Waals surface area (Å²) in [6.07, 6.45) is 1.48. The number of rotatable bonds is 2. The van der Waals surface area contributed by atoms with E-state index in [1.54, 1.807) is 0 Å². The molecule has 0 radical (unpaired) electrons. The third kappa shape index (κ3) is 3.58. The molecule has 0 saturated heterocycles. The Labute approximate surface area is 41.3 Å². The van der Waals surface area contributed by atoms with Crippen LogP contribution in [0.1, 0.15) is 0 Å². The van der Waals surface area contributed by atoms with E-state index in [-0.39, 0.29) is 0 Å². The minimum absolute atomic E-state index is 0.318. The molecule has 0 unspecified atom stereocenters. The van der Waals surface area contributed by atoms with Gasteiger partial charge in [0.2, 0.25) is 0 Å². The molecule has 0 rings (SSSR count). The van der Waals surface area contributed by atoms with E-state index in [4.69, 9.17) is 16.9 Å². The van der Waals surface area contributed by atoms with E-state index in [2.05, 4.69) is 4.74 Å². The Morgan fingerprint density at radius 2 is 2.50 bits per heavy atom. The number of nitrogens with zero attached hydrogens (tertiary/aromatic N) is 1. The molecule has 0 spiro atoms. The summed E-state index contributed by atoms with van der Waals surface area (Å²) in [5, 5.41) is 7.67. The van der Waals surface area contributed by atoms with Gasteiger partial charge in [-0.3, -0.25) is 0 Å². The highest BCUT2D eigenvalue weighted by atomic mass is 35.5. The summed E-state index contributed by atoms with van der Waals surface area (Å²) in [5.41, 5.74) is 0. The molecule has 0 aliphatic rings. The van der Waals surface area contributed by atoms with Crippen LogP contribution in [0.2, 0.25) is 0 Å². The highest BCUT2D eigenvalue weighted by Gasteiger charge is 1.73. The highest BCUT2D eigenvalue weighted by Crippen LogP contribution is 1.72. The molecule has 0 N–H and O–H groups in total. The highest BCUT2D eigenvalue weighted by molar-refractivity contribution is 6.17. The van der Waals surface area contributed by atoms with Crippen molar-refractivity contribution in [2.45, 2.75) is 0 Å². The molecule has 0 aliphatic carbocycles. The topological polar surface area (TPSA) is 33.0 Å². The SMILES string of the molecule is N#COCCCl. The molecule has 0 bridgehead atoms. The van der Waals surface area contributed by atoms with Gasteiger partial charge in [-0.2, -0.15) is 5.26 Å². The second-order valence-corrected chi connectivity index (χ2v) is 1.01. The van der Waals surface area contributed by atoms with Crippen LogP contribution in [0.3, 0.4) is 0 Å². The smallest absolute Gasteiger partial charge is 0.286 e. The van der Waals surface area contributed by atoms with Crippen molar-refractivity contribution in [1.82, 2.24) is 0 Å². The fraction of sp³-hybridized carbons (Fsp3) is 0.667. The third-order valence-corrected chi connectivity index (χ3v) is 0.398. The predicted molar refractivity (Wildman–Crippen MR) is 22.3 cm³/mol. The zero-order valence-corrected chi connectivity index (χ0v) is 3.90. The lowest BCUT2D eigenvalue weighted by atomic mass is 10.9. The summed E-state index contributed by atoms with van der Waals surface area (Å²) >= 11 is 5.10. The molecule has 0 fully saturated rings. The van der Waals surface area contributed by atoms with Crippen molar-refractivity contribution in [3.8, 4) is 6.26 Å². The Morgan fingerprint density at radius 3 is 2.67 bits per heavy atom. The molecule has 0 aromatic carbocycles. The summed E-state index contributed by atoms with van der Waals surface area (Å²) in [5.74, 6) is 0.383. The van der Waals surface area contributed by atoms with E-state index in [1.807, 2.05) is 0 Å². The van der Waals surface area contributed by atoms with Gasteiger partial charge in [-0.25, -0.2) is 0 Å². The second-order valence-electron chi connectivity index (χ2n) is 0.629. The van der Waals surface area contributed by atoms with Crippen LogP contribution >= 0.6 is 11.6 Å². The zero-order valence-electron chi connectivity index (χ0n) is 3.15. The van der Waals surface area contributed by atoms with E-state index in [0.717, 1.165) is 0 Å². The number of halogens is 1. The molecule has 0 aromatic heterocycles. The van der Waals surface area contributed by atoms with Gasteiger partial charge in [-0.1, -0.05) is 0 Å². The van der Waals surface area contributed by atoms with E-state index in [0.29, 0.717) is 12.5 Å². The predicted octanol–water partition coefficient (Wildman–Crippen LogP) is 0.723. The van der Waals surface area contributed by atoms with Gasteiger partial charge >= 0.3 is 0 Å². The van der Waals surface area contributed by atoms with Gasteiger partial charge in [0.25, 0.3) is 6.26 Å². The lowest BCUT2D eigenvalue weighted by Crippen LogP contribution is -1.85. The molecule has 0 saturated carbocycles. The van der Waals surface area contributed by atoms with Gasteiger partial charge in [0.05, 0.1) is 5.88 Å². The Bertz CT molecular complexity index is 58.3. The Hall–Kier alpha value is -0.420. The fourth-order valence-corrected chi connectivity index (χ4v) is 0.161. The van der Waals surface area contributed by atoms with E-state index in [1.165, 1.54) is 6.26 Å². The normalized spacial score (nSPS) is 6.67. The van der Waals surface area contributed by atoms with Gasteiger partial charge in [0.1, 0.15) is 6.61 Å². The molecule has 0 amide bonds. The fourth-order valence-electron chi connectivity index (χ4n) is 0.0842. The molecule has 2 nitrogen and oxygen atoms in total. The number of nitriles is 1. The molecule has 0 aromatic rings. The van der Waals surface area contributed by atoms with Crippen LogP contribution < -0.4 is 0 Å². The molecule has 0 atom stereocenters. The van der Waals surface area contributed by atoms with Crippen LogP contribution in [-0.2, 0) is 4.74 Å². The minimum atomic E-state index is 0.318. The summed E-state index contributed by atoms with van der Waals surface area (Å²) in [6, 6.07) is 0. The van der Waals surface area contributed by atoms with E-state index < -0.39 is 0 Å². The van der Waals surface area contributed by atoms with Crippen LogP contribution in [0.4, 0.5) is 0 Å². The number of hydrogen-bond donors (Lipinski definition) is 0. The molecular weight excluding hydrogens is 101 g/mol. The lowest BCUT2D eigenvalue weighted by Gasteiger charge is -1.82. The average molecular weight is 106 g/mol. The second kappa shape index (κ2) is 4.58. The molecular formula is C3H4ClNO. The largest absolute Gasteiger partial charge is 0.426 e. The summed E-state index contributed by atoms with van der Waals surface area (Å²) < 4.78 is 4.16. The van der Waals surface area contributed by atoms with Crippen LogP contribution in [0.15, 0.2) is 0 Å². The van der Waals surface area contributed by atoms with Crippen LogP contribution in [0, 0.1) is 11.5 Å². The quantitative estimate of drug-likeness (QED) is 0.295. The minimum Gasteiger partial charge on any atom is -0.426 e. The van der Waals surface area contributed by atoms with Crippen molar-refractivity contribution in [3.63, 3.8) is 0 Å². The average Bonchev–Trinajstić information content (AvgIpc) is 1.61. The van der Waals surface area contributed by atoms with Gasteiger partial charge in [0, 0.05) is 0 Å². The van der Waals surface area contributed by atoms with Crippen LogP contribution in [0.5, 0.6) is 0 Å². The van der Waals surface area contributed by atoms with Gasteiger partial charge in [-0.15, -0.1) is 11.6 Å². The first-order valence-corrected chi connectivity index (χ1v) is 2.02. The summed E-state index contributed by atoms with van der Waals surface area (Å²) in [7, 11) is 0. The first-order valence-electron chi connectivity index (χ1n) is 1.48. The first kappa shape index (κ1) is 5.58. The van der Waals surface area contributed by atoms with Gasteiger partial charge in [-0.05, 0) is 0 Å².